The van der Waals surface area contributed by atoms with Gasteiger partial charge >= 0.3 is 12.0 Å². The number of aliphatic carboxylic acids is 1. The number of amides is 2. The van der Waals surface area contributed by atoms with Crippen molar-refractivity contribution in [2.45, 2.75) is 44.9 Å². The lowest BCUT2D eigenvalue weighted by Crippen LogP contribution is -2.55. The molecular formula is C12H23N3O4. The van der Waals surface area contributed by atoms with Gasteiger partial charge in [0.1, 0.15) is 0 Å². The summed E-state index contributed by atoms with van der Waals surface area (Å²) in [5.74, 6) is -1.25. The molecule has 0 aromatic carbocycles. The molecule has 1 saturated heterocycles. The number of piperidine rings is 1. The van der Waals surface area contributed by atoms with Crippen molar-refractivity contribution in [3.05, 3.63) is 0 Å². The largest absolute Gasteiger partial charge is 0.480 e. The Morgan fingerprint density at radius 1 is 1.47 bits per heavy atom. The van der Waals surface area contributed by atoms with Crippen molar-refractivity contribution < 1.29 is 19.8 Å². The van der Waals surface area contributed by atoms with Crippen LogP contribution in [0.1, 0.15) is 26.7 Å². The van der Waals surface area contributed by atoms with Crippen LogP contribution in [0.15, 0.2) is 0 Å². The SMILES string of the molecule is CCN1CCCC(NC(=O)NC(C(=O)O)C(C)O)C1. The normalized spacial score (nSPS) is 23.4. The molecule has 0 radical (unpaired) electrons. The number of carboxylic acids is 1. The van der Waals surface area contributed by atoms with Crippen molar-refractivity contribution in [3.63, 3.8) is 0 Å². The first-order valence-electron chi connectivity index (χ1n) is 6.64. The predicted octanol–water partition coefficient (Wildman–Crippen LogP) is -0.396. The number of carbonyl (C=O) groups excluding carboxylic acids is 1. The third-order valence-corrected chi connectivity index (χ3v) is 3.32. The van der Waals surface area contributed by atoms with Crippen LogP contribution < -0.4 is 10.6 Å². The van der Waals surface area contributed by atoms with Gasteiger partial charge in [-0.1, -0.05) is 6.92 Å². The Balaban J connectivity index is 2.43. The average Bonchev–Trinajstić information content (AvgIpc) is 2.35. The Labute approximate surface area is 113 Å². The molecule has 1 aliphatic heterocycles. The smallest absolute Gasteiger partial charge is 0.328 e. The molecule has 3 atom stereocenters. The molecule has 1 rings (SSSR count). The van der Waals surface area contributed by atoms with Crippen LogP contribution in [0.25, 0.3) is 0 Å². The highest BCUT2D eigenvalue weighted by atomic mass is 16.4. The van der Waals surface area contributed by atoms with Gasteiger partial charge in [-0.2, -0.15) is 0 Å². The van der Waals surface area contributed by atoms with Crippen molar-refractivity contribution >= 4 is 12.0 Å². The maximum absolute atomic E-state index is 11.7. The quantitative estimate of drug-likeness (QED) is 0.546. The number of hydrogen-bond acceptors (Lipinski definition) is 4. The summed E-state index contributed by atoms with van der Waals surface area (Å²) in [6, 6.07) is -1.81. The van der Waals surface area contributed by atoms with E-state index in [1.165, 1.54) is 6.92 Å². The highest BCUT2D eigenvalue weighted by molar-refractivity contribution is 5.83. The molecule has 0 aromatic heterocycles. The molecule has 2 amide bonds. The van der Waals surface area contributed by atoms with E-state index < -0.39 is 24.1 Å². The molecule has 7 heteroatoms. The summed E-state index contributed by atoms with van der Waals surface area (Å²) >= 11 is 0. The second kappa shape index (κ2) is 7.30. The van der Waals surface area contributed by atoms with Gasteiger partial charge in [0.15, 0.2) is 6.04 Å². The molecule has 0 aliphatic carbocycles. The first-order chi connectivity index (χ1) is 8.93. The molecule has 0 bridgehead atoms. The molecule has 4 N–H and O–H groups in total. The lowest BCUT2D eigenvalue weighted by atomic mass is 10.1. The van der Waals surface area contributed by atoms with E-state index in [0.29, 0.717) is 0 Å². The number of hydrogen-bond donors (Lipinski definition) is 4. The number of likely N-dealkylation sites (N-methyl/N-ethyl adjacent to an activating group) is 1. The number of nitrogens with zero attached hydrogens (tertiary/aromatic N) is 1. The molecule has 3 unspecified atom stereocenters. The van der Waals surface area contributed by atoms with Crippen LogP contribution in [-0.2, 0) is 4.79 Å². The number of rotatable bonds is 5. The summed E-state index contributed by atoms with van der Waals surface area (Å²) in [6.45, 7) is 6.14. The van der Waals surface area contributed by atoms with Gasteiger partial charge < -0.3 is 25.7 Å². The van der Waals surface area contributed by atoms with E-state index in [2.05, 4.69) is 22.5 Å². The Morgan fingerprint density at radius 3 is 2.68 bits per heavy atom. The van der Waals surface area contributed by atoms with Crippen molar-refractivity contribution in [2.24, 2.45) is 0 Å². The maximum atomic E-state index is 11.7. The van der Waals surface area contributed by atoms with Gasteiger partial charge in [-0.05, 0) is 32.9 Å². The standard InChI is InChI=1S/C12H23N3O4/c1-3-15-6-4-5-9(7-15)13-12(19)14-10(8(2)16)11(17)18/h8-10,16H,3-7H2,1-2H3,(H,17,18)(H2,13,14,19). The van der Waals surface area contributed by atoms with Gasteiger partial charge in [-0.25, -0.2) is 9.59 Å². The average molecular weight is 273 g/mol. The summed E-state index contributed by atoms with van der Waals surface area (Å²) in [7, 11) is 0. The summed E-state index contributed by atoms with van der Waals surface area (Å²) in [6.07, 6.45) is 0.759. The van der Waals surface area contributed by atoms with Crippen molar-refractivity contribution in [2.75, 3.05) is 19.6 Å². The fourth-order valence-electron chi connectivity index (χ4n) is 2.22. The van der Waals surface area contributed by atoms with Gasteiger partial charge in [0, 0.05) is 12.6 Å². The van der Waals surface area contributed by atoms with Gasteiger partial charge in [-0.15, -0.1) is 0 Å². The zero-order valence-electron chi connectivity index (χ0n) is 11.4. The molecule has 110 valence electrons. The summed E-state index contributed by atoms with van der Waals surface area (Å²) in [5, 5.41) is 23.2. The summed E-state index contributed by atoms with van der Waals surface area (Å²) in [5.41, 5.74) is 0. The third kappa shape index (κ3) is 5.04. The highest BCUT2D eigenvalue weighted by Crippen LogP contribution is 2.09. The lowest BCUT2D eigenvalue weighted by Gasteiger charge is -2.32. The first kappa shape index (κ1) is 15.7. The molecule has 1 aliphatic rings. The lowest BCUT2D eigenvalue weighted by molar-refractivity contribution is -0.141. The zero-order valence-corrected chi connectivity index (χ0v) is 11.4. The number of carbonyl (C=O) groups is 2. The van der Waals surface area contributed by atoms with Crippen molar-refractivity contribution in [1.29, 1.82) is 0 Å². The third-order valence-electron chi connectivity index (χ3n) is 3.32. The van der Waals surface area contributed by atoms with Crippen LogP contribution in [0, 0.1) is 0 Å². The topological polar surface area (TPSA) is 102 Å². The molecule has 7 nitrogen and oxygen atoms in total. The van der Waals surface area contributed by atoms with Gasteiger partial charge in [0.05, 0.1) is 6.10 Å². The van der Waals surface area contributed by atoms with Crippen molar-refractivity contribution in [3.8, 4) is 0 Å². The predicted molar refractivity (Wildman–Crippen MR) is 69.9 cm³/mol. The van der Waals surface area contributed by atoms with Crippen LogP contribution in [0.3, 0.4) is 0 Å². The number of nitrogens with one attached hydrogen (secondary N) is 2. The molecule has 0 saturated carbocycles. The van der Waals surface area contributed by atoms with E-state index in [9.17, 15) is 14.7 Å². The fourth-order valence-corrected chi connectivity index (χ4v) is 2.22. The van der Waals surface area contributed by atoms with Gasteiger partial charge in [0.2, 0.25) is 0 Å². The van der Waals surface area contributed by atoms with E-state index in [4.69, 9.17) is 5.11 Å². The second-order valence-electron chi connectivity index (χ2n) is 4.91. The monoisotopic (exact) mass is 273 g/mol. The van der Waals surface area contributed by atoms with E-state index in [0.717, 1.165) is 32.5 Å². The van der Waals surface area contributed by atoms with Crippen LogP contribution in [0.2, 0.25) is 0 Å². The molecule has 0 spiro atoms. The number of aliphatic hydroxyl groups excluding tert-OH is 1. The van der Waals surface area contributed by atoms with E-state index >= 15 is 0 Å². The Morgan fingerprint density at radius 2 is 2.16 bits per heavy atom. The second-order valence-corrected chi connectivity index (χ2v) is 4.91. The molecule has 19 heavy (non-hydrogen) atoms. The number of aliphatic hydroxyl groups is 1. The van der Waals surface area contributed by atoms with Crippen LogP contribution in [0.4, 0.5) is 4.79 Å². The zero-order chi connectivity index (χ0) is 14.4. The Kier molecular flexibility index (Phi) is 6.04. The molecule has 0 aromatic rings. The van der Waals surface area contributed by atoms with E-state index in [-0.39, 0.29) is 6.04 Å². The fraction of sp³-hybridized carbons (Fsp3) is 0.833. The summed E-state index contributed by atoms with van der Waals surface area (Å²) < 4.78 is 0. The number of carboxylic acid groups (broad SMARTS) is 1. The first-order valence-corrected chi connectivity index (χ1v) is 6.64. The minimum atomic E-state index is -1.29. The van der Waals surface area contributed by atoms with E-state index in [1.54, 1.807) is 0 Å². The highest BCUT2D eigenvalue weighted by Gasteiger charge is 2.26. The Bertz CT molecular complexity index is 322. The van der Waals surface area contributed by atoms with E-state index in [1.807, 2.05) is 0 Å². The number of likely N-dealkylation sites (tertiary alicyclic amines) is 1. The maximum Gasteiger partial charge on any atom is 0.328 e. The van der Waals surface area contributed by atoms with Crippen LogP contribution in [-0.4, -0.2) is 64.9 Å². The minimum Gasteiger partial charge on any atom is -0.480 e. The molecule has 1 fully saturated rings. The molecule has 1 heterocycles. The minimum absolute atomic E-state index is 0.0251. The summed E-state index contributed by atoms with van der Waals surface area (Å²) in [4.78, 5) is 24.8. The van der Waals surface area contributed by atoms with Gasteiger partial charge in [0.25, 0.3) is 0 Å². The van der Waals surface area contributed by atoms with Crippen molar-refractivity contribution in [1.82, 2.24) is 15.5 Å². The van der Waals surface area contributed by atoms with Crippen LogP contribution >= 0.6 is 0 Å². The van der Waals surface area contributed by atoms with Crippen LogP contribution in [0.5, 0.6) is 0 Å². The Hall–Kier alpha value is -1.34. The number of urea groups is 1. The molecular weight excluding hydrogens is 250 g/mol. The van der Waals surface area contributed by atoms with Gasteiger partial charge in [-0.3, -0.25) is 0 Å².